The fraction of sp³-hybridized carbons (Fsp3) is 0.440. The van der Waals surface area contributed by atoms with Gasteiger partial charge in [-0.15, -0.1) is 0 Å². The number of benzene rings is 2. The van der Waals surface area contributed by atoms with E-state index in [9.17, 15) is 9.59 Å². The van der Waals surface area contributed by atoms with Crippen LogP contribution in [0.25, 0.3) is 0 Å². The maximum atomic E-state index is 13.5. The van der Waals surface area contributed by atoms with Crippen LogP contribution in [0.15, 0.2) is 42.5 Å². The molecule has 0 aromatic heterocycles. The third-order valence-corrected chi connectivity index (χ3v) is 6.92. The van der Waals surface area contributed by atoms with Gasteiger partial charge < -0.3 is 10.2 Å². The predicted molar refractivity (Wildman–Crippen MR) is 131 cm³/mol. The maximum Gasteiger partial charge on any atom is 0.243 e. The van der Waals surface area contributed by atoms with Gasteiger partial charge in [0.05, 0.1) is 6.42 Å². The van der Waals surface area contributed by atoms with Crippen LogP contribution in [-0.2, 0) is 22.6 Å². The molecule has 7 heteroatoms. The number of hydrogen-bond donors (Lipinski definition) is 1. The van der Waals surface area contributed by atoms with Crippen molar-refractivity contribution in [2.75, 3.05) is 0 Å². The summed E-state index contributed by atoms with van der Waals surface area (Å²) in [7, 11) is 0. The van der Waals surface area contributed by atoms with E-state index < -0.39 is 6.04 Å². The number of rotatable bonds is 8. The summed E-state index contributed by atoms with van der Waals surface area (Å²) < 4.78 is 0. The Hall–Kier alpha value is -1.75. The van der Waals surface area contributed by atoms with Crippen molar-refractivity contribution < 1.29 is 9.59 Å². The summed E-state index contributed by atoms with van der Waals surface area (Å²) in [6.45, 7) is 2.08. The summed E-state index contributed by atoms with van der Waals surface area (Å²) in [5.41, 5.74) is 1.43. The molecular weight excluding hydrogens is 467 g/mol. The van der Waals surface area contributed by atoms with Crippen LogP contribution in [0.4, 0.5) is 0 Å². The summed E-state index contributed by atoms with van der Waals surface area (Å²) in [6.07, 6.45) is 6.03. The molecule has 2 aromatic rings. The van der Waals surface area contributed by atoms with Gasteiger partial charge in [0.25, 0.3) is 0 Å². The second-order valence-corrected chi connectivity index (χ2v) is 9.55. The van der Waals surface area contributed by atoms with Gasteiger partial charge in [-0.1, -0.05) is 79.2 Å². The van der Waals surface area contributed by atoms with Crippen molar-refractivity contribution in [2.45, 2.75) is 70.5 Å². The molecule has 1 atom stereocenters. The monoisotopic (exact) mass is 494 g/mol. The SMILES string of the molecule is CC[C@H](C(=O)NC1CCCCC1)N(Cc1c(Cl)cccc1Cl)C(=O)Cc1cccc(Cl)c1. The molecule has 0 spiro atoms. The highest BCUT2D eigenvalue weighted by Gasteiger charge is 2.31. The fourth-order valence-corrected chi connectivity index (χ4v) is 4.97. The summed E-state index contributed by atoms with van der Waals surface area (Å²) >= 11 is 18.9. The average molecular weight is 496 g/mol. The molecule has 0 aliphatic heterocycles. The smallest absolute Gasteiger partial charge is 0.243 e. The number of carbonyl (C=O) groups excluding carboxylic acids is 2. The van der Waals surface area contributed by atoms with E-state index in [0.717, 1.165) is 31.2 Å². The Morgan fingerprint density at radius 3 is 2.31 bits per heavy atom. The van der Waals surface area contributed by atoms with Gasteiger partial charge in [-0.25, -0.2) is 0 Å². The van der Waals surface area contributed by atoms with Crippen LogP contribution in [0.3, 0.4) is 0 Å². The molecule has 1 fully saturated rings. The van der Waals surface area contributed by atoms with Crippen LogP contribution in [0.2, 0.25) is 15.1 Å². The van der Waals surface area contributed by atoms with Crippen LogP contribution in [0.5, 0.6) is 0 Å². The third kappa shape index (κ3) is 6.63. The summed E-state index contributed by atoms with van der Waals surface area (Å²) in [5.74, 6) is -0.295. The molecule has 1 aliphatic rings. The van der Waals surface area contributed by atoms with Crippen LogP contribution < -0.4 is 5.32 Å². The van der Waals surface area contributed by atoms with Crippen molar-refractivity contribution in [1.82, 2.24) is 10.2 Å². The Kier molecular flexibility index (Phi) is 9.27. The van der Waals surface area contributed by atoms with Gasteiger partial charge in [-0.2, -0.15) is 0 Å². The number of hydrogen-bond acceptors (Lipinski definition) is 2. The van der Waals surface area contributed by atoms with Gasteiger partial charge in [0, 0.05) is 33.2 Å². The quantitative estimate of drug-likeness (QED) is 0.458. The van der Waals surface area contributed by atoms with Gasteiger partial charge in [0.2, 0.25) is 11.8 Å². The molecule has 1 N–H and O–H groups in total. The van der Waals surface area contributed by atoms with E-state index in [4.69, 9.17) is 34.8 Å². The number of nitrogens with zero attached hydrogens (tertiary/aromatic N) is 1. The molecule has 0 radical (unpaired) electrons. The van der Waals surface area contributed by atoms with Gasteiger partial charge in [0.1, 0.15) is 6.04 Å². The first-order valence-electron chi connectivity index (χ1n) is 11.2. The topological polar surface area (TPSA) is 49.4 Å². The maximum absolute atomic E-state index is 13.5. The fourth-order valence-electron chi connectivity index (χ4n) is 4.24. The van der Waals surface area contributed by atoms with Gasteiger partial charge in [-0.3, -0.25) is 9.59 Å². The van der Waals surface area contributed by atoms with E-state index in [1.165, 1.54) is 6.42 Å². The van der Waals surface area contributed by atoms with E-state index in [2.05, 4.69) is 5.32 Å². The van der Waals surface area contributed by atoms with Crippen LogP contribution >= 0.6 is 34.8 Å². The highest BCUT2D eigenvalue weighted by Crippen LogP contribution is 2.28. The van der Waals surface area contributed by atoms with Crippen LogP contribution in [0, 0.1) is 0 Å². The van der Waals surface area contributed by atoms with E-state index >= 15 is 0 Å². The minimum absolute atomic E-state index is 0.123. The number of nitrogens with one attached hydrogen (secondary N) is 1. The minimum atomic E-state index is -0.615. The van der Waals surface area contributed by atoms with Crippen LogP contribution in [0.1, 0.15) is 56.6 Å². The zero-order valence-electron chi connectivity index (χ0n) is 18.3. The van der Waals surface area contributed by atoms with Crippen molar-refractivity contribution in [3.8, 4) is 0 Å². The molecule has 3 rings (SSSR count). The van der Waals surface area contributed by atoms with E-state index in [1.54, 1.807) is 35.2 Å². The zero-order valence-corrected chi connectivity index (χ0v) is 20.5. The molecule has 1 saturated carbocycles. The molecule has 2 amide bonds. The molecule has 1 aliphatic carbocycles. The molecule has 0 unspecified atom stereocenters. The van der Waals surface area contributed by atoms with Crippen molar-refractivity contribution in [3.63, 3.8) is 0 Å². The van der Waals surface area contributed by atoms with E-state index in [-0.39, 0.29) is 30.8 Å². The van der Waals surface area contributed by atoms with Gasteiger partial charge in [-0.05, 0) is 49.1 Å². The van der Waals surface area contributed by atoms with Crippen molar-refractivity contribution >= 4 is 46.6 Å². The number of amides is 2. The lowest BCUT2D eigenvalue weighted by atomic mass is 9.95. The first-order chi connectivity index (χ1) is 15.4. The van der Waals surface area contributed by atoms with Crippen molar-refractivity contribution in [1.29, 1.82) is 0 Å². The lowest BCUT2D eigenvalue weighted by Gasteiger charge is -2.33. The lowest BCUT2D eigenvalue weighted by Crippen LogP contribution is -2.52. The second-order valence-electron chi connectivity index (χ2n) is 8.30. The first-order valence-corrected chi connectivity index (χ1v) is 12.3. The van der Waals surface area contributed by atoms with Crippen LogP contribution in [-0.4, -0.2) is 28.8 Å². The van der Waals surface area contributed by atoms with E-state index in [1.807, 2.05) is 19.1 Å². The Bertz CT molecular complexity index is 924. The highest BCUT2D eigenvalue weighted by molar-refractivity contribution is 6.36. The largest absolute Gasteiger partial charge is 0.352 e. The Morgan fingerprint density at radius 1 is 1.03 bits per heavy atom. The minimum Gasteiger partial charge on any atom is -0.352 e. The number of halogens is 3. The van der Waals surface area contributed by atoms with Crippen molar-refractivity contribution in [3.05, 3.63) is 68.7 Å². The highest BCUT2D eigenvalue weighted by atomic mass is 35.5. The Morgan fingerprint density at radius 2 is 1.69 bits per heavy atom. The molecule has 2 aromatic carbocycles. The summed E-state index contributed by atoms with van der Waals surface area (Å²) in [6, 6.07) is 12.0. The molecular formula is C25H29Cl3N2O2. The number of carbonyl (C=O) groups is 2. The Labute approximate surface area is 205 Å². The first kappa shape index (κ1) is 24.9. The third-order valence-electron chi connectivity index (χ3n) is 5.97. The molecule has 172 valence electrons. The van der Waals surface area contributed by atoms with Gasteiger partial charge >= 0.3 is 0 Å². The second kappa shape index (κ2) is 11.9. The Balaban J connectivity index is 1.86. The predicted octanol–water partition coefficient (Wildman–Crippen LogP) is 6.45. The standard InChI is InChI=1S/C25H29Cl3N2O2/c1-2-23(25(32)29-19-10-4-3-5-11-19)30(16-20-21(27)12-7-13-22(20)28)24(31)15-17-8-6-9-18(26)14-17/h6-9,12-14,19,23H,2-5,10-11,15-16H2,1H3,(H,29,32)/t23-/m1/s1. The summed E-state index contributed by atoms with van der Waals surface area (Å²) in [4.78, 5) is 28.3. The molecule has 0 saturated heterocycles. The normalized spacial score (nSPS) is 15.2. The molecule has 0 bridgehead atoms. The molecule has 4 nitrogen and oxygen atoms in total. The average Bonchev–Trinajstić information content (AvgIpc) is 2.76. The lowest BCUT2D eigenvalue weighted by molar-refractivity contribution is -0.141. The zero-order chi connectivity index (χ0) is 23.1. The summed E-state index contributed by atoms with van der Waals surface area (Å²) in [5, 5.41) is 4.69. The molecule has 32 heavy (non-hydrogen) atoms. The van der Waals surface area contributed by atoms with Gasteiger partial charge in [0.15, 0.2) is 0 Å². The van der Waals surface area contributed by atoms with Crippen molar-refractivity contribution in [2.24, 2.45) is 0 Å². The molecule has 0 heterocycles. The van der Waals surface area contributed by atoms with E-state index in [0.29, 0.717) is 27.1 Å².